The molecule has 0 atom stereocenters. The topological polar surface area (TPSA) is 68.1 Å². The highest BCUT2D eigenvalue weighted by Crippen LogP contribution is 2.26. The molecular weight excluding hydrogens is 238 g/mol. The molecule has 2 aromatic rings. The fourth-order valence-corrected chi connectivity index (χ4v) is 2.10. The van der Waals surface area contributed by atoms with E-state index in [0.29, 0.717) is 18.1 Å². The fraction of sp³-hybridized carbons (Fsp3) is 0.182. The lowest BCUT2D eigenvalue weighted by Crippen LogP contribution is -2.01. The second-order valence-corrected chi connectivity index (χ2v) is 4.18. The van der Waals surface area contributed by atoms with E-state index in [1.54, 1.807) is 0 Å². The first-order chi connectivity index (χ1) is 8.20. The third-order valence-corrected chi connectivity index (χ3v) is 2.88. The Morgan fingerprint density at radius 2 is 2.35 bits per heavy atom. The standard InChI is InChI=1S/C11H11N3O2S/c1-2-12-11-6-9(14(15)16)5-10(13-11)8-3-4-17-7-8/h3-7H,2H2,1H3,(H,12,13). The molecule has 0 aromatic carbocycles. The molecule has 2 aromatic heterocycles. The molecule has 0 fully saturated rings. The Labute approximate surface area is 102 Å². The van der Waals surface area contributed by atoms with E-state index >= 15 is 0 Å². The van der Waals surface area contributed by atoms with Crippen LogP contribution in [0, 0.1) is 10.1 Å². The van der Waals surface area contributed by atoms with Gasteiger partial charge in [0.1, 0.15) is 5.82 Å². The number of nitrogens with zero attached hydrogens (tertiary/aromatic N) is 2. The van der Waals surface area contributed by atoms with Gasteiger partial charge in [0.15, 0.2) is 0 Å². The molecule has 2 rings (SSSR count). The molecule has 0 unspecified atom stereocenters. The van der Waals surface area contributed by atoms with Gasteiger partial charge in [-0.05, 0) is 18.4 Å². The van der Waals surface area contributed by atoms with Gasteiger partial charge in [-0.15, -0.1) is 0 Å². The maximum absolute atomic E-state index is 10.8. The van der Waals surface area contributed by atoms with Crippen molar-refractivity contribution < 1.29 is 4.92 Å². The third-order valence-electron chi connectivity index (χ3n) is 2.20. The molecule has 5 nitrogen and oxygen atoms in total. The number of aromatic nitrogens is 1. The number of nitrogens with one attached hydrogen (secondary N) is 1. The molecule has 0 saturated heterocycles. The Balaban J connectivity index is 2.48. The minimum Gasteiger partial charge on any atom is -0.370 e. The van der Waals surface area contributed by atoms with Gasteiger partial charge in [-0.2, -0.15) is 11.3 Å². The monoisotopic (exact) mass is 249 g/mol. The van der Waals surface area contributed by atoms with Gasteiger partial charge in [-0.25, -0.2) is 4.98 Å². The Bertz CT molecular complexity index is 526. The van der Waals surface area contributed by atoms with Crippen LogP contribution >= 0.6 is 11.3 Å². The lowest BCUT2D eigenvalue weighted by molar-refractivity contribution is -0.384. The molecule has 0 amide bonds. The molecule has 0 radical (unpaired) electrons. The zero-order chi connectivity index (χ0) is 12.3. The van der Waals surface area contributed by atoms with Crippen molar-refractivity contribution >= 4 is 22.8 Å². The van der Waals surface area contributed by atoms with Crippen LogP contribution in [0.1, 0.15) is 6.92 Å². The molecule has 0 aliphatic carbocycles. The van der Waals surface area contributed by atoms with Gasteiger partial charge in [0, 0.05) is 23.6 Å². The van der Waals surface area contributed by atoms with Crippen molar-refractivity contribution in [3.63, 3.8) is 0 Å². The van der Waals surface area contributed by atoms with Crippen molar-refractivity contribution in [3.8, 4) is 11.3 Å². The van der Waals surface area contributed by atoms with Crippen LogP contribution in [0.5, 0.6) is 0 Å². The number of thiophene rings is 1. The van der Waals surface area contributed by atoms with E-state index in [9.17, 15) is 10.1 Å². The average molecular weight is 249 g/mol. The summed E-state index contributed by atoms with van der Waals surface area (Å²) in [5.41, 5.74) is 1.58. The summed E-state index contributed by atoms with van der Waals surface area (Å²) >= 11 is 1.54. The van der Waals surface area contributed by atoms with Crippen LogP contribution < -0.4 is 5.32 Å². The molecule has 6 heteroatoms. The third kappa shape index (κ3) is 2.59. The Kier molecular flexibility index (Phi) is 3.34. The Morgan fingerprint density at radius 3 is 2.94 bits per heavy atom. The van der Waals surface area contributed by atoms with Crippen molar-refractivity contribution in [2.75, 3.05) is 11.9 Å². The van der Waals surface area contributed by atoms with Crippen molar-refractivity contribution in [2.24, 2.45) is 0 Å². The predicted molar refractivity (Wildman–Crippen MR) is 68.4 cm³/mol. The molecular formula is C11H11N3O2S. The summed E-state index contributed by atoms with van der Waals surface area (Å²) in [6.07, 6.45) is 0. The van der Waals surface area contributed by atoms with Gasteiger partial charge in [0.25, 0.3) is 5.69 Å². The number of anilines is 1. The van der Waals surface area contributed by atoms with E-state index in [-0.39, 0.29) is 5.69 Å². The van der Waals surface area contributed by atoms with Crippen molar-refractivity contribution in [2.45, 2.75) is 6.92 Å². The first kappa shape index (κ1) is 11.5. The number of pyridine rings is 1. The SMILES string of the molecule is CCNc1cc([N+](=O)[O-])cc(-c2ccsc2)n1. The predicted octanol–water partition coefficient (Wildman–Crippen LogP) is 3.15. The highest BCUT2D eigenvalue weighted by atomic mass is 32.1. The Morgan fingerprint density at radius 1 is 1.53 bits per heavy atom. The molecule has 1 N–H and O–H groups in total. The van der Waals surface area contributed by atoms with Gasteiger partial charge >= 0.3 is 0 Å². The van der Waals surface area contributed by atoms with E-state index in [1.807, 2.05) is 23.8 Å². The smallest absolute Gasteiger partial charge is 0.275 e. The number of nitro groups is 1. The van der Waals surface area contributed by atoms with E-state index in [4.69, 9.17) is 0 Å². The second-order valence-electron chi connectivity index (χ2n) is 3.40. The van der Waals surface area contributed by atoms with Crippen molar-refractivity contribution in [1.29, 1.82) is 0 Å². The quantitative estimate of drug-likeness (QED) is 0.667. The number of rotatable bonds is 4. The van der Waals surface area contributed by atoms with E-state index < -0.39 is 4.92 Å². The summed E-state index contributed by atoms with van der Waals surface area (Å²) in [6, 6.07) is 4.83. The van der Waals surface area contributed by atoms with E-state index in [1.165, 1.54) is 23.5 Å². The largest absolute Gasteiger partial charge is 0.370 e. The van der Waals surface area contributed by atoms with E-state index in [0.717, 1.165) is 5.56 Å². The molecule has 2 heterocycles. The van der Waals surface area contributed by atoms with Gasteiger partial charge in [-0.3, -0.25) is 10.1 Å². The van der Waals surface area contributed by atoms with Crippen LogP contribution in [0.15, 0.2) is 29.0 Å². The first-order valence-corrected chi connectivity index (χ1v) is 6.08. The molecule has 0 aliphatic rings. The summed E-state index contributed by atoms with van der Waals surface area (Å²) in [5, 5.41) is 17.7. The minimum absolute atomic E-state index is 0.0529. The lowest BCUT2D eigenvalue weighted by Gasteiger charge is -2.04. The zero-order valence-corrected chi connectivity index (χ0v) is 10.0. The number of hydrogen-bond donors (Lipinski definition) is 1. The zero-order valence-electron chi connectivity index (χ0n) is 9.21. The molecule has 17 heavy (non-hydrogen) atoms. The highest BCUT2D eigenvalue weighted by Gasteiger charge is 2.12. The van der Waals surface area contributed by atoms with Crippen molar-refractivity contribution in [3.05, 3.63) is 39.1 Å². The average Bonchev–Trinajstić information content (AvgIpc) is 2.82. The van der Waals surface area contributed by atoms with Crippen LogP contribution in [0.25, 0.3) is 11.3 Å². The number of hydrogen-bond acceptors (Lipinski definition) is 5. The summed E-state index contributed by atoms with van der Waals surface area (Å²) in [5.74, 6) is 0.530. The summed E-state index contributed by atoms with van der Waals surface area (Å²) in [4.78, 5) is 14.8. The molecule has 0 bridgehead atoms. The van der Waals surface area contributed by atoms with Crippen LogP contribution in [-0.2, 0) is 0 Å². The highest BCUT2D eigenvalue weighted by molar-refractivity contribution is 7.08. The van der Waals surface area contributed by atoms with Crippen LogP contribution in [0.2, 0.25) is 0 Å². The maximum Gasteiger partial charge on any atom is 0.275 e. The van der Waals surface area contributed by atoms with Crippen molar-refractivity contribution in [1.82, 2.24) is 4.98 Å². The van der Waals surface area contributed by atoms with Gasteiger partial charge in [0.2, 0.25) is 0 Å². The second kappa shape index (κ2) is 4.92. The Hall–Kier alpha value is -1.95. The van der Waals surface area contributed by atoms with E-state index in [2.05, 4.69) is 10.3 Å². The minimum atomic E-state index is -0.404. The maximum atomic E-state index is 10.8. The van der Waals surface area contributed by atoms with Gasteiger partial charge in [-0.1, -0.05) is 0 Å². The van der Waals surface area contributed by atoms with Crippen LogP contribution in [0.3, 0.4) is 0 Å². The van der Waals surface area contributed by atoms with Crippen LogP contribution in [0.4, 0.5) is 11.5 Å². The molecule has 0 spiro atoms. The van der Waals surface area contributed by atoms with Crippen LogP contribution in [-0.4, -0.2) is 16.5 Å². The molecule has 0 saturated carbocycles. The summed E-state index contributed by atoms with van der Waals surface area (Å²) < 4.78 is 0. The molecule has 0 aliphatic heterocycles. The summed E-state index contributed by atoms with van der Waals surface area (Å²) in [6.45, 7) is 2.60. The van der Waals surface area contributed by atoms with Gasteiger partial charge in [0.05, 0.1) is 16.7 Å². The molecule has 88 valence electrons. The summed E-state index contributed by atoms with van der Waals surface area (Å²) in [7, 11) is 0. The lowest BCUT2D eigenvalue weighted by atomic mass is 10.2. The first-order valence-electron chi connectivity index (χ1n) is 5.13. The fourth-order valence-electron chi connectivity index (χ4n) is 1.45. The van der Waals surface area contributed by atoms with Gasteiger partial charge < -0.3 is 5.32 Å². The normalized spacial score (nSPS) is 10.2.